The van der Waals surface area contributed by atoms with Crippen LogP contribution in [0.3, 0.4) is 0 Å². The van der Waals surface area contributed by atoms with Crippen LogP contribution in [-0.4, -0.2) is 9.78 Å². The van der Waals surface area contributed by atoms with Crippen LogP contribution >= 0.6 is 0 Å². The summed E-state index contributed by atoms with van der Waals surface area (Å²) in [5, 5.41) is 4.04. The first-order valence-electron chi connectivity index (χ1n) is 4.17. The largest absolute Gasteiger partial charge is 0.280 e. The highest BCUT2D eigenvalue weighted by Crippen LogP contribution is 2.25. The second kappa shape index (κ2) is 3.09. The van der Waals surface area contributed by atoms with Gasteiger partial charge in [-0.1, -0.05) is 0 Å². The first-order chi connectivity index (χ1) is 5.82. The maximum Gasteiger partial charge on any atom is 0.280 e. The van der Waals surface area contributed by atoms with Crippen molar-refractivity contribution < 1.29 is 8.78 Å². The van der Waals surface area contributed by atoms with Crippen LogP contribution in [0.15, 0.2) is 6.07 Å². The van der Waals surface area contributed by atoms with Gasteiger partial charge in [-0.2, -0.15) is 5.10 Å². The minimum atomic E-state index is -2.46. The molecule has 0 radical (unpaired) electrons. The Labute approximate surface area is 76.6 Å². The van der Waals surface area contributed by atoms with Crippen LogP contribution in [0.1, 0.15) is 38.6 Å². The first kappa shape index (κ1) is 10.2. The zero-order valence-corrected chi connectivity index (χ0v) is 8.31. The summed E-state index contributed by atoms with van der Waals surface area (Å²) in [4.78, 5) is 0. The molecule has 4 heteroatoms. The lowest BCUT2D eigenvalue weighted by Gasteiger charge is -2.22. The van der Waals surface area contributed by atoms with Crippen molar-refractivity contribution in [3.8, 4) is 0 Å². The van der Waals surface area contributed by atoms with E-state index in [1.807, 2.05) is 20.8 Å². The number of alkyl halides is 2. The highest BCUT2D eigenvalue weighted by atomic mass is 19.3. The third-order valence-corrected chi connectivity index (χ3v) is 1.72. The molecule has 1 aromatic heterocycles. The normalized spacial score (nSPS) is 12.5. The first-order valence-corrected chi connectivity index (χ1v) is 4.17. The van der Waals surface area contributed by atoms with Gasteiger partial charge in [0.15, 0.2) is 0 Å². The Balaban J connectivity index is 3.20. The van der Waals surface area contributed by atoms with Crippen LogP contribution in [-0.2, 0) is 5.54 Å². The van der Waals surface area contributed by atoms with Crippen molar-refractivity contribution in [3.63, 3.8) is 0 Å². The van der Waals surface area contributed by atoms with Crippen molar-refractivity contribution >= 4 is 0 Å². The smallest absolute Gasteiger partial charge is 0.258 e. The summed E-state index contributed by atoms with van der Waals surface area (Å²) in [5.74, 6) is 0. The topological polar surface area (TPSA) is 17.8 Å². The Morgan fingerprint density at radius 2 is 1.92 bits per heavy atom. The Morgan fingerprint density at radius 3 is 2.23 bits per heavy atom. The molecular weight excluding hydrogens is 174 g/mol. The van der Waals surface area contributed by atoms with Gasteiger partial charge in [0, 0.05) is 0 Å². The molecule has 0 unspecified atom stereocenters. The van der Waals surface area contributed by atoms with Gasteiger partial charge in [-0.25, -0.2) is 8.78 Å². The van der Waals surface area contributed by atoms with Crippen molar-refractivity contribution in [2.45, 2.75) is 39.7 Å². The van der Waals surface area contributed by atoms with E-state index in [4.69, 9.17) is 0 Å². The monoisotopic (exact) mass is 188 g/mol. The molecule has 0 saturated heterocycles. The second-order valence-electron chi connectivity index (χ2n) is 4.09. The average Bonchev–Trinajstić information content (AvgIpc) is 2.29. The quantitative estimate of drug-likeness (QED) is 0.662. The molecule has 74 valence electrons. The summed E-state index contributed by atoms with van der Waals surface area (Å²) in [6, 6.07) is 1.43. The molecule has 0 spiro atoms. The van der Waals surface area contributed by atoms with Crippen LogP contribution in [0, 0.1) is 6.92 Å². The Kier molecular flexibility index (Phi) is 2.41. The molecule has 0 aromatic carbocycles. The fourth-order valence-corrected chi connectivity index (χ4v) is 1.21. The van der Waals surface area contributed by atoms with Gasteiger partial charge in [0.25, 0.3) is 6.43 Å². The van der Waals surface area contributed by atoms with Crippen LogP contribution in [0.5, 0.6) is 0 Å². The predicted molar refractivity (Wildman–Crippen MR) is 46.9 cm³/mol. The lowest BCUT2D eigenvalue weighted by molar-refractivity contribution is 0.130. The van der Waals surface area contributed by atoms with E-state index >= 15 is 0 Å². The van der Waals surface area contributed by atoms with E-state index in [0.29, 0.717) is 5.69 Å². The number of nitrogens with zero attached hydrogens (tertiary/aromatic N) is 2. The Morgan fingerprint density at radius 1 is 1.38 bits per heavy atom. The SMILES string of the molecule is Cc1cc(C(F)F)n(C(C)(C)C)n1. The number of aryl methyl sites for hydroxylation is 1. The van der Waals surface area contributed by atoms with E-state index in [0.717, 1.165) is 0 Å². The molecule has 0 bridgehead atoms. The van der Waals surface area contributed by atoms with E-state index in [-0.39, 0.29) is 11.2 Å². The van der Waals surface area contributed by atoms with Gasteiger partial charge in [0.2, 0.25) is 0 Å². The molecule has 0 saturated carbocycles. The highest BCUT2D eigenvalue weighted by molar-refractivity contribution is 5.11. The average molecular weight is 188 g/mol. The van der Waals surface area contributed by atoms with Crippen LogP contribution < -0.4 is 0 Å². The lowest BCUT2D eigenvalue weighted by atomic mass is 10.1. The van der Waals surface area contributed by atoms with Gasteiger partial charge in [0.1, 0.15) is 5.69 Å². The number of aromatic nitrogens is 2. The van der Waals surface area contributed by atoms with Crippen molar-refractivity contribution in [2.75, 3.05) is 0 Å². The summed E-state index contributed by atoms with van der Waals surface area (Å²) in [6.45, 7) is 7.27. The lowest BCUT2D eigenvalue weighted by Crippen LogP contribution is -2.25. The van der Waals surface area contributed by atoms with Gasteiger partial charge in [-0.15, -0.1) is 0 Å². The fraction of sp³-hybridized carbons (Fsp3) is 0.667. The van der Waals surface area contributed by atoms with Crippen LogP contribution in [0.25, 0.3) is 0 Å². The molecule has 0 fully saturated rings. The summed E-state index contributed by atoms with van der Waals surface area (Å²) < 4.78 is 26.4. The zero-order valence-electron chi connectivity index (χ0n) is 8.31. The van der Waals surface area contributed by atoms with E-state index in [2.05, 4.69) is 5.10 Å². The van der Waals surface area contributed by atoms with Crippen molar-refractivity contribution in [2.24, 2.45) is 0 Å². The predicted octanol–water partition coefficient (Wildman–Crippen LogP) is 2.88. The van der Waals surface area contributed by atoms with E-state index in [9.17, 15) is 8.78 Å². The second-order valence-corrected chi connectivity index (χ2v) is 4.09. The maximum atomic E-state index is 12.5. The van der Waals surface area contributed by atoms with Crippen molar-refractivity contribution in [3.05, 3.63) is 17.5 Å². The molecule has 0 aliphatic carbocycles. The van der Waals surface area contributed by atoms with Gasteiger partial charge >= 0.3 is 0 Å². The number of hydrogen-bond acceptors (Lipinski definition) is 1. The van der Waals surface area contributed by atoms with Gasteiger partial charge < -0.3 is 0 Å². The van der Waals surface area contributed by atoms with Crippen LogP contribution in [0.4, 0.5) is 8.78 Å². The molecule has 2 nitrogen and oxygen atoms in total. The van der Waals surface area contributed by atoms with Gasteiger partial charge in [-0.3, -0.25) is 4.68 Å². The molecule has 1 rings (SSSR count). The van der Waals surface area contributed by atoms with E-state index in [1.54, 1.807) is 6.92 Å². The Bertz CT molecular complexity index is 297. The molecule has 0 aliphatic heterocycles. The molecule has 0 N–H and O–H groups in total. The minimum Gasteiger partial charge on any atom is -0.258 e. The molecular formula is C9H14F2N2. The number of rotatable bonds is 1. The Hall–Kier alpha value is -0.930. The summed E-state index contributed by atoms with van der Waals surface area (Å²) in [5.41, 5.74) is 0.232. The fourth-order valence-electron chi connectivity index (χ4n) is 1.21. The highest BCUT2D eigenvalue weighted by Gasteiger charge is 2.23. The standard InChI is InChI=1S/C9H14F2N2/c1-6-5-7(8(10)11)13(12-6)9(2,3)4/h5,8H,1-4H3. The van der Waals surface area contributed by atoms with Gasteiger partial charge in [-0.05, 0) is 33.8 Å². The number of hydrogen-bond donors (Lipinski definition) is 0. The van der Waals surface area contributed by atoms with Gasteiger partial charge in [0.05, 0.1) is 11.2 Å². The van der Waals surface area contributed by atoms with E-state index < -0.39 is 6.43 Å². The third kappa shape index (κ3) is 2.05. The molecule has 0 amide bonds. The maximum absolute atomic E-state index is 12.5. The summed E-state index contributed by atoms with van der Waals surface area (Å²) in [7, 11) is 0. The molecule has 0 aliphatic rings. The molecule has 1 aromatic rings. The summed E-state index contributed by atoms with van der Waals surface area (Å²) in [6.07, 6.45) is -2.46. The van der Waals surface area contributed by atoms with Crippen LogP contribution in [0.2, 0.25) is 0 Å². The number of halogens is 2. The molecule has 13 heavy (non-hydrogen) atoms. The molecule has 1 heterocycles. The minimum absolute atomic E-state index is 0.00926. The van der Waals surface area contributed by atoms with Crippen molar-refractivity contribution in [1.82, 2.24) is 9.78 Å². The van der Waals surface area contributed by atoms with E-state index in [1.165, 1.54) is 10.7 Å². The third-order valence-electron chi connectivity index (χ3n) is 1.72. The summed E-state index contributed by atoms with van der Waals surface area (Å²) >= 11 is 0. The van der Waals surface area contributed by atoms with Crippen molar-refractivity contribution in [1.29, 1.82) is 0 Å². The zero-order chi connectivity index (χ0) is 10.2. The molecule has 0 atom stereocenters.